The fraction of sp³-hybridized carbons (Fsp3) is 0.269. The minimum absolute atomic E-state index is 0.0382. The Labute approximate surface area is 201 Å². The van der Waals surface area contributed by atoms with E-state index in [4.69, 9.17) is 9.15 Å². The fourth-order valence-corrected chi connectivity index (χ4v) is 4.67. The number of nitrogens with zero attached hydrogens (tertiary/aromatic N) is 3. The Morgan fingerprint density at radius 2 is 1.79 bits per heavy atom. The number of anilines is 1. The summed E-state index contributed by atoms with van der Waals surface area (Å²) in [4.78, 5) is 17.8. The molecule has 0 spiro atoms. The number of hydrogen-bond acceptors (Lipinski definition) is 4. The first-order valence-electron chi connectivity index (χ1n) is 11.2. The molecule has 1 aliphatic rings. The van der Waals surface area contributed by atoms with Crippen LogP contribution in [-0.2, 0) is 6.54 Å². The Bertz CT molecular complexity index is 1250. The molecule has 0 radical (unpaired) electrons. The Kier molecular flexibility index (Phi) is 6.13. The molecule has 1 saturated heterocycles. The average Bonchev–Trinajstić information content (AvgIpc) is 3.43. The number of para-hydroxylation sites is 2. The molecule has 0 saturated carbocycles. The molecule has 5 rings (SSSR count). The van der Waals surface area contributed by atoms with Crippen molar-refractivity contribution in [2.24, 2.45) is 0 Å². The van der Waals surface area contributed by atoms with Crippen LogP contribution in [0.4, 0.5) is 5.69 Å². The molecule has 1 aliphatic heterocycles. The van der Waals surface area contributed by atoms with Crippen molar-refractivity contribution in [3.05, 3.63) is 82.7 Å². The first-order chi connectivity index (χ1) is 16.1. The molecule has 170 valence electrons. The van der Waals surface area contributed by atoms with Crippen LogP contribution in [0.3, 0.4) is 0 Å². The van der Waals surface area contributed by atoms with Crippen molar-refractivity contribution < 1.29 is 13.9 Å². The fourth-order valence-electron chi connectivity index (χ4n) is 4.41. The van der Waals surface area contributed by atoms with Crippen LogP contribution in [0.5, 0.6) is 5.75 Å². The molecule has 2 aromatic heterocycles. The third kappa shape index (κ3) is 4.37. The van der Waals surface area contributed by atoms with Gasteiger partial charge in [0.15, 0.2) is 5.58 Å². The maximum absolute atomic E-state index is 13.6. The zero-order chi connectivity index (χ0) is 22.8. The second-order valence-electron chi connectivity index (χ2n) is 8.09. The molecule has 4 aromatic rings. The molecule has 1 amide bonds. The van der Waals surface area contributed by atoms with E-state index in [1.165, 1.54) is 0 Å². The first kappa shape index (κ1) is 21.6. The number of benzene rings is 2. The molecule has 0 atom stereocenters. The number of carbonyl (C=O) groups is 1. The van der Waals surface area contributed by atoms with Crippen molar-refractivity contribution in [1.82, 2.24) is 9.47 Å². The second-order valence-corrected chi connectivity index (χ2v) is 9.01. The van der Waals surface area contributed by atoms with Gasteiger partial charge in [-0.15, -0.1) is 0 Å². The number of aromatic nitrogens is 1. The van der Waals surface area contributed by atoms with Crippen LogP contribution in [0.25, 0.3) is 11.1 Å². The molecular formula is C26H26BrN3O3. The van der Waals surface area contributed by atoms with E-state index in [2.05, 4.69) is 43.6 Å². The molecular weight excluding hydrogens is 482 g/mol. The van der Waals surface area contributed by atoms with Crippen LogP contribution in [0, 0.1) is 0 Å². The molecule has 0 bridgehead atoms. The summed E-state index contributed by atoms with van der Waals surface area (Å²) in [6.45, 7) is 6.07. The highest BCUT2D eigenvalue weighted by molar-refractivity contribution is 9.10. The van der Waals surface area contributed by atoms with Gasteiger partial charge < -0.3 is 23.5 Å². The van der Waals surface area contributed by atoms with Crippen molar-refractivity contribution in [3.63, 3.8) is 0 Å². The summed E-state index contributed by atoms with van der Waals surface area (Å²) in [6.07, 6.45) is 1.67. The van der Waals surface area contributed by atoms with Crippen LogP contribution in [-0.4, -0.2) is 48.2 Å². The number of ether oxygens (including phenoxy) is 1. The lowest BCUT2D eigenvalue weighted by Crippen LogP contribution is -2.49. The molecule has 1 fully saturated rings. The van der Waals surface area contributed by atoms with Crippen LogP contribution in [0.2, 0.25) is 0 Å². The Balaban J connectivity index is 1.35. The van der Waals surface area contributed by atoms with Crippen LogP contribution in [0.1, 0.15) is 23.0 Å². The number of furan rings is 1. The smallest absolute Gasteiger partial charge is 0.270 e. The van der Waals surface area contributed by atoms with E-state index in [0.29, 0.717) is 31.9 Å². The molecule has 0 aliphatic carbocycles. The van der Waals surface area contributed by atoms with Gasteiger partial charge in [0.05, 0.1) is 24.1 Å². The summed E-state index contributed by atoms with van der Waals surface area (Å²) in [7, 11) is 0. The second kappa shape index (κ2) is 9.35. The summed E-state index contributed by atoms with van der Waals surface area (Å²) in [6, 6.07) is 20.1. The Morgan fingerprint density at radius 1 is 1.03 bits per heavy atom. The summed E-state index contributed by atoms with van der Waals surface area (Å²) in [5.74, 6) is 0.930. The quantitative estimate of drug-likeness (QED) is 0.350. The van der Waals surface area contributed by atoms with E-state index in [0.717, 1.165) is 45.7 Å². The summed E-state index contributed by atoms with van der Waals surface area (Å²) in [5, 5.41) is 0. The minimum Gasteiger partial charge on any atom is -0.492 e. The maximum atomic E-state index is 13.6. The zero-order valence-electron chi connectivity index (χ0n) is 18.5. The predicted octanol–water partition coefficient (Wildman–Crippen LogP) is 5.41. The molecule has 6 nitrogen and oxygen atoms in total. The van der Waals surface area contributed by atoms with Gasteiger partial charge in [-0.05, 0) is 36.8 Å². The van der Waals surface area contributed by atoms with Crippen molar-refractivity contribution in [2.45, 2.75) is 13.5 Å². The maximum Gasteiger partial charge on any atom is 0.270 e. The summed E-state index contributed by atoms with van der Waals surface area (Å²) < 4.78 is 14.5. The van der Waals surface area contributed by atoms with Crippen molar-refractivity contribution >= 4 is 38.6 Å². The number of rotatable bonds is 6. The molecule has 7 heteroatoms. The van der Waals surface area contributed by atoms with Crippen LogP contribution < -0.4 is 9.64 Å². The van der Waals surface area contributed by atoms with Gasteiger partial charge in [-0.1, -0.05) is 40.2 Å². The van der Waals surface area contributed by atoms with Gasteiger partial charge >= 0.3 is 0 Å². The predicted molar refractivity (Wildman–Crippen MR) is 133 cm³/mol. The standard InChI is InChI=1S/C26H26BrN3O3/c1-2-32-24-6-4-3-5-21(24)28-12-14-29(15-13-28)26(31)23-17-25-22(11-16-33-25)30(23)18-19-7-9-20(27)10-8-19/h3-11,16-17H,2,12-15,18H2,1H3. The van der Waals surface area contributed by atoms with E-state index >= 15 is 0 Å². The van der Waals surface area contributed by atoms with Gasteiger partial charge in [-0.3, -0.25) is 4.79 Å². The number of fused-ring (bicyclic) bond motifs is 1. The van der Waals surface area contributed by atoms with E-state index in [1.54, 1.807) is 6.26 Å². The van der Waals surface area contributed by atoms with Gasteiger partial charge in [0, 0.05) is 49.3 Å². The highest BCUT2D eigenvalue weighted by atomic mass is 79.9. The van der Waals surface area contributed by atoms with Crippen molar-refractivity contribution in [3.8, 4) is 5.75 Å². The van der Waals surface area contributed by atoms with Crippen LogP contribution in [0.15, 0.2) is 75.8 Å². The van der Waals surface area contributed by atoms with Gasteiger partial charge in [-0.25, -0.2) is 0 Å². The van der Waals surface area contributed by atoms with Gasteiger partial charge in [0.1, 0.15) is 11.4 Å². The topological polar surface area (TPSA) is 50.9 Å². The van der Waals surface area contributed by atoms with Crippen molar-refractivity contribution in [2.75, 3.05) is 37.7 Å². The minimum atomic E-state index is 0.0382. The summed E-state index contributed by atoms with van der Waals surface area (Å²) in [5.41, 5.74) is 4.55. The SMILES string of the molecule is CCOc1ccccc1N1CCN(C(=O)c2cc3occc3n2Cc2ccc(Br)cc2)CC1. The number of amides is 1. The third-order valence-corrected chi connectivity index (χ3v) is 6.60. The Hall–Kier alpha value is -3.19. The molecule has 0 N–H and O–H groups in total. The number of piperazine rings is 1. The van der Waals surface area contributed by atoms with Gasteiger partial charge in [-0.2, -0.15) is 0 Å². The van der Waals surface area contributed by atoms with Crippen LogP contribution >= 0.6 is 15.9 Å². The first-order valence-corrected chi connectivity index (χ1v) is 12.0. The number of carbonyl (C=O) groups excluding carboxylic acids is 1. The highest BCUT2D eigenvalue weighted by Gasteiger charge is 2.27. The molecule has 0 unspecified atom stereocenters. The van der Waals surface area contributed by atoms with Gasteiger partial charge in [0.2, 0.25) is 0 Å². The largest absolute Gasteiger partial charge is 0.492 e. The van der Waals surface area contributed by atoms with E-state index in [9.17, 15) is 4.79 Å². The molecule has 2 aromatic carbocycles. The van der Waals surface area contributed by atoms with E-state index in [-0.39, 0.29) is 5.91 Å². The zero-order valence-corrected chi connectivity index (χ0v) is 20.1. The lowest BCUT2D eigenvalue weighted by Gasteiger charge is -2.36. The number of halogens is 1. The summed E-state index contributed by atoms with van der Waals surface area (Å²) >= 11 is 3.49. The van der Waals surface area contributed by atoms with E-state index < -0.39 is 0 Å². The van der Waals surface area contributed by atoms with E-state index in [1.807, 2.05) is 54.3 Å². The number of hydrogen-bond donors (Lipinski definition) is 0. The monoisotopic (exact) mass is 507 g/mol. The molecule has 3 heterocycles. The van der Waals surface area contributed by atoms with Crippen molar-refractivity contribution in [1.29, 1.82) is 0 Å². The third-order valence-electron chi connectivity index (χ3n) is 6.07. The lowest BCUT2D eigenvalue weighted by atomic mass is 10.2. The highest BCUT2D eigenvalue weighted by Crippen LogP contribution is 2.30. The van der Waals surface area contributed by atoms with Gasteiger partial charge in [0.25, 0.3) is 5.91 Å². The Morgan fingerprint density at radius 3 is 2.55 bits per heavy atom. The normalized spacial score (nSPS) is 14.1. The molecule has 33 heavy (non-hydrogen) atoms. The lowest BCUT2D eigenvalue weighted by molar-refractivity contribution is 0.0736. The average molecular weight is 508 g/mol.